The fourth-order valence-corrected chi connectivity index (χ4v) is 1.99. The minimum Gasteiger partial charge on any atom is -0.374 e. The summed E-state index contributed by atoms with van der Waals surface area (Å²) >= 11 is 0. The second-order valence-corrected chi connectivity index (χ2v) is 4.28. The van der Waals surface area contributed by atoms with Crippen molar-refractivity contribution >= 4 is 0 Å². The molecule has 1 rings (SSSR count). The van der Waals surface area contributed by atoms with Crippen molar-refractivity contribution in [3.8, 4) is 0 Å². The van der Waals surface area contributed by atoms with E-state index in [1.165, 1.54) is 38.5 Å². The highest BCUT2D eigenvalue weighted by atomic mass is 16.5. The van der Waals surface area contributed by atoms with Crippen LogP contribution in [0.15, 0.2) is 24.8 Å². The fourth-order valence-electron chi connectivity index (χ4n) is 1.99. The van der Waals surface area contributed by atoms with Crippen molar-refractivity contribution < 1.29 is 4.74 Å². The molecule has 0 saturated heterocycles. The number of rotatable bonds is 7. The van der Waals surface area contributed by atoms with Crippen molar-refractivity contribution in [3.63, 3.8) is 0 Å². The van der Waals surface area contributed by atoms with E-state index in [1.54, 1.807) is 0 Å². The lowest BCUT2D eigenvalue weighted by Gasteiger charge is -2.21. The van der Waals surface area contributed by atoms with Crippen LogP contribution < -0.4 is 0 Å². The van der Waals surface area contributed by atoms with Gasteiger partial charge in [-0.25, -0.2) is 0 Å². The van der Waals surface area contributed by atoms with Gasteiger partial charge in [0, 0.05) is 0 Å². The number of allylic oxidation sites excluding steroid dienone is 2. The smallest absolute Gasteiger partial charge is 0.0651 e. The second-order valence-electron chi connectivity index (χ2n) is 4.28. The molecule has 86 valence electrons. The maximum Gasteiger partial charge on any atom is 0.0651 e. The molecule has 1 aliphatic rings. The summed E-state index contributed by atoms with van der Waals surface area (Å²) in [7, 11) is 0. The molecular weight excluding hydrogens is 184 g/mol. The van der Waals surface area contributed by atoms with Gasteiger partial charge in [-0.1, -0.05) is 37.5 Å². The number of hydrogen-bond donors (Lipinski definition) is 0. The van der Waals surface area contributed by atoms with Gasteiger partial charge in [-0.05, 0) is 32.1 Å². The largest absolute Gasteiger partial charge is 0.374 e. The topological polar surface area (TPSA) is 9.23 Å². The number of unbranched alkanes of at least 4 members (excludes halogenated alkanes) is 2. The van der Waals surface area contributed by atoms with Crippen molar-refractivity contribution in [2.45, 2.75) is 57.5 Å². The lowest BCUT2D eigenvalue weighted by atomic mass is 9.98. The van der Waals surface area contributed by atoms with Gasteiger partial charge in [0.25, 0.3) is 0 Å². The molecule has 0 aliphatic heterocycles. The zero-order chi connectivity index (χ0) is 10.8. The van der Waals surface area contributed by atoms with Crippen molar-refractivity contribution in [2.75, 3.05) is 6.61 Å². The average Bonchev–Trinajstić information content (AvgIpc) is 2.29. The minimum absolute atomic E-state index is 0.538. The zero-order valence-electron chi connectivity index (χ0n) is 9.79. The quantitative estimate of drug-likeness (QED) is 0.449. The molecule has 0 amide bonds. The van der Waals surface area contributed by atoms with Crippen molar-refractivity contribution in [3.05, 3.63) is 24.8 Å². The summed E-state index contributed by atoms with van der Waals surface area (Å²) in [4.78, 5) is 0. The summed E-state index contributed by atoms with van der Waals surface area (Å²) < 4.78 is 5.78. The monoisotopic (exact) mass is 208 g/mol. The molecule has 0 radical (unpaired) electrons. The lowest BCUT2D eigenvalue weighted by molar-refractivity contribution is 0.0465. The Morgan fingerprint density at radius 1 is 1.07 bits per heavy atom. The number of ether oxygens (including phenoxy) is 1. The normalized spacial score (nSPS) is 18.4. The average molecular weight is 208 g/mol. The Balaban J connectivity index is 1.92. The molecule has 0 aromatic heterocycles. The van der Waals surface area contributed by atoms with Crippen LogP contribution in [0.2, 0.25) is 0 Å². The molecule has 1 heteroatoms. The van der Waals surface area contributed by atoms with E-state index in [0.717, 1.165) is 19.4 Å². The lowest BCUT2D eigenvalue weighted by Crippen LogP contribution is -2.16. The summed E-state index contributed by atoms with van der Waals surface area (Å²) in [5.74, 6) is 0. The van der Waals surface area contributed by atoms with Gasteiger partial charge < -0.3 is 4.74 Å². The Labute approximate surface area is 94.2 Å². The van der Waals surface area contributed by atoms with E-state index in [-0.39, 0.29) is 0 Å². The van der Waals surface area contributed by atoms with E-state index in [1.807, 2.05) is 6.08 Å². The standard InChI is InChI=1S/C14H24O/c1-2-3-4-5-6-10-13-15-14-11-8-7-9-12-14/h2,6,10,14H,1,3-5,7-9,11-13H2/b10-6+. The van der Waals surface area contributed by atoms with Crippen molar-refractivity contribution in [1.29, 1.82) is 0 Å². The van der Waals surface area contributed by atoms with Crippen molar-refractivity contribution in [2.24, 2.45) is 0 Å². The van der Waals surface area contributed by atoms with Gasteiger partial charge >= 0.3 is 0 Å². The first-order chi connectivity index (χ1) is 7.43. The van der Waals surface area contributed by atoms with Crippen LogP contribution in [0.3, 0.4) is 0 Å². The highest BCUT2D eigenvalue weighted by Gasteiger charge is 2.12. The second kappa shape index (κ2) is 8.72. The molecule has 1 aliphatic carbocycles. The summed E-state index contributed by atoms with van der Waals surface area (Å²) in [6, 6.07) is 0. The molecule has 0 heterocycles. The predicted octanol–water partition coefficient (Wildman–Crippen LogP) is 4.25. The molecule has 0 spiro atoms. The van der Waals surface area contributed by atoms with Gasteiger partial charge in [0.1, 0.15) is 0 Å². The third kappa shape index (κ3) is 6.51. The molecular formula is C14H24O. The van der Waals surface area contributed by atoms with E-state index in [0.29, 0.717) is 6.10 Å². The fraction of sp³-hybridized carbons (Fsp3) is 0.714. The molecule has 0 atom stereocenters. The Morgan fingerprint density at radius 3 is 2.60 bits per heavy atom. The van der Waals surface area contributed by atoms with E-state index in [4.69, 9.17) is 4.74 Å². The summed E-state index contributed by atoms with van der Waals surface area (Å²) in [5, 5.41) is 0. The van der Waals surface area contributed by atoms with Crippen LogP contribution in [0.25, 0.3) is 0 Å². The van der Waals surface area contributed by atoms with Gasteiger partial charge in [0.05, 0.1) is 12.7 Å². The minimum atomic E-state index is 0.538. The number of hydrogen-bond acceptors (Lipinski definition) is 1. The predicted molar refractivity (Wildman–Crippen MR) is 66.0 cm³/mol. The Kier molecular flexibility index (Phi) is 7.28. The summed E-state index contributed by atoms with van der Waals surface area (Å²) in [6.45, 7) is 4.51. The molecule has 0 unspecified atom stereocenters. The van der Waals surface area contributed by atoms with Gasteiger partial charge in [0.2, 0.25) is 0 Å². The maximum absolute atomic E-state index is 5.78. The van der Waals surface area contributed by atoms with Crippen molar-refractivity contribution in [1.82, 2.24) is 0 Å². The SMILES string of the molecule is C=CCCC/C=C/COC1CCCCC1. The van der Waals surface area contributed by atoms with Gasteiger partial charge in [0.15, 0.2) is 0 Å². The van der Waals surface area contributed by atoms with E-state index >= 15 is 0 Å². The Hall–Kier alpha value is -0.560. The highest BCUT2D eigenvalue weighted by molar-refractivity contribution is 4.83. The van der Waals surface area contributed by atoms with Gasteiger partial charge in [-0.3, -0.25) is 0 Å². The molecule has 15 heavy (non-hydrogen) atoms. The first-order valence-electron chi connectivity index (χ1n) is 6.31. The van der Waals surface area contributed by atoms with Crippen LogP contribution in [0.5, 0.6) is 0 Å². The van der Waals surface area contributed by atoms with Crippen LogP contribution in [-0.2, 0) is 4.74 Å². The van der Waals surface area contributed by atoms with E-state index < -0.39 is 0 Å². The molecule has 0 aromatic carbocycles. The van der Waals surface area contributed by atoms with E-state index in [9.17, 15) is 0 Å². The Morgan fingerprint density at radius 2 is 1.87 bits per heavy atom. The molecule has 0 N–H and O–H groups in total. The Bertz CT molecular complexity index is 178. The highest BCUT2D eigenvalue weighted by Crippen LogP contribution is 2.19. The first kappa shape index (κ1) is 12.5. The van der Waals surface area contributed by atoms with Crippen LogP contribution in [0.4, 0.5) is 0 Å². The molecule has 1 fully saturated rings. The molecule has 0 bridgehead atoms. The van der Waals surface area contributed by atoms with E-state index in [2.05, 4.69) is 18.7 Å². The third-order valence-electron chi connectivity index (χ3n) is 2.93. The van der Waals surface area contributed by atoms with Gasteiger partial charge in [-0.15, -0.1) is 6.58 Å². The summed E-state index contributed by atoms with van der Waals surface area (Å²) in [5.41, 5.74) is 0. The zero-order valence-corrected chi connectivity index (χ0v) is 9.79. The maximum atomic E-state index is 5.78. The van der Waals surface area contributed by atoms with Crippen LogP contribution in [0, 0.1) is 0 Å². The third-order valence-corrected chi connectivity index (χ3v) is 2.93. The first-order valence-corrected chi connectivity index (χ1v) is 6.31. The molecule has 1 saturated carbocycles. The molecule has 0 aromatic rings. The van der Waals surface area contributed by atoms with Crippen LogP contribution in [0.1, 0.15) is 51.4 Å². The molecule has 1 nitrogen and oxygen atoms in total. The van der Waals surface area contributed by atoms with Crippen LogP contribution in [-0.4, -0.2) is 12.7 Å². The summed E-state index contributed by atoms with van der Waals surface area (Å²) in [6.07, 6.45) is 17.0. The van der Waals surface area contributed by atoms with Gasteiger partial charge in [-0.2, -0.15) is 0 Å². The van der Waals surface area contributed by atoms with Crippen LogP contribution >= 0.6 is 0 Å².